The molecule has 8 heteroatoms. The van der Waals surface area contributed by atoms with Crippen molar-refractivity contribution >= 4 is 16.7 Å². The predicted molar refractivity (Wildman–Crippen MR) is 151 cm³/mol. The molecular formula is C31H39FN4O3. The molecule has 0 amide bonds. The number of β-amino-alcohol motifs (C(OH)–C–C–N with tert-alkyl or cyclic N) is 1. The van der Waals surface area contributed by atoms with E-state index >= 15 is 4.39 Å². The second-order valence-corrected chi connectivity index (χ2v) is 12.0. The number of anilines is 1. The lowest BCUT2D eigenvalue weighted by atomic mass is 9.76. The van der Waals surface area contributed by atoms with E-state index in [0.717, 1.165) is 57.2 Å². The van der Waals surface area contributed by atoms with Gasteiger partial charge in [-0.3, -0.25) is 0 Å². The first-order valence-corrected chi connectivity index (χ1v) is 14.5. The lowest BCUT2D eigenvalue weighted by Crippen LogP contribution is -2.49. The molecule has 7 nitrogen and oxygen atoms in total. The first kappa shape index (κ1) is 26.3. The smallest absolute Gasteiger partial charge is 0.319 e. The Bertz CT molecular complexity index is 1370. The molecule has 0 radical (unpaired) electrons. The summed E-state index contributed by atoms with van der Waals surface area (Å²) in [5.74, 6) is 0.381. The number of benzene rings is 2. The third-order valence-electron chi connectivity index (χ3n) is 9.05. The second kappa shape index (κ2) is 10.5. The number of halogens is 1. The summed E-state index contributed by atoms with van der Waals surface area (Å²) < 4.78 is 22.8. The number of aliphatic hydroxyl groups excluding tert-OH is 1. The maximum atomic E-state index is 16.4. The summed E-state index contributed by atoms with van der Waals surface area (Å²) in [7, 11) is 0. The summed E-state index contributed by atoms with van der Waals surface area (Å²) in [5.41, 5.74) is 2.26. The van der Waals surface area contributed by atoms with Gasteiger partial charge in [-0.25, -0.2) is 4.39 Å². The fourth-order valence-corrected chi connectivity index (χ4v) is 6.99. The van der Waals surface area contributed by atoms with Crippen LogP contribution in [0.3, 0.4) is 0 Å². The minimum Gasteiger partial charge on any atom is -0.508 e. The van der Waals surface area contributed by atoms with Crippen LogP contribution in [0, 0.1) is 11.2 Å². The van der Waals surface area contributed by atoms with Crippen molar-refractivity contribution in [1.82, 2.24) is 15.3 Å². The lowest BCUT2D eigenvalue weighted by Gasteiger charge is -2.39. The van der Waals surface area contributed by atoms with Crippen LogP contribution in [0.15, 0.2) is 30.3 Å². The van der Waals surface area contributed by atoms with Crippen molar-refractivity contribution < 1.29 is 19.3 Å². The number of piperidine rings is 2. The summed E-state index contributed by atoms with van der Waals surface area (Å²) in [4.78, 5) is 11.5. The van der Waals surface area contributed by atoms with E-state index in [9.17, 15) is 10.2 Å². The molecule has 0 spiro atoms. The van der Waals surface area contributed by atoms with Gasteiger partial charge in [0.1, 0.15) is 17.1 Å². The van der Waals surface area contributed by atoms with Gasteiger partial charge in [-0.1, -0.05) is 32.4 Å². The zero-order chi connectivity index (χ0) is 27.1. The van der Waals surface area contributed by atoms with E-state index in [4.69, 9.17) is 9.72 Å². The first-order valence-electron chi connectivity index (χ1n) is 14.5. The van der Waals surface area contributed by atoms with Crippen molar-refractivity contribution in [3.8, 4) is 22.9 Å². The molecule has 0 bridgehead atoms. The number of phenols is 1. The summed E-state index contributed by atoms with van der Waals surface area (Å²) in [5, 5.41) is 24.9. The highest BCUT2D eigenvalue weighted by molar-refractivity contribution is 5.94. The number of hydrogen-bond donors (Lipinski definition) is 3. The van der Waals surface area contributed by atoms with Gasteiger partial charge in [0.15, 0.2) is 5.82 Å². The standard InChI is InChI=1S/C31H39FN4O3/c1-19(2)22-9-8-20(37)16-25(22)23-10-11-24-28(27(23)32)34-30(35-29(24)36-15-4-6-21(38)17-36)39-18-31-12-3-7-26(31)33-14-5-13-31/h8-11,16,19,21,26,33,37-38H,3-7,12-15,17-18H2,1-2H3. The van der Waals surface area contributed by atoms with Crippen LogP contribution >= 0.6 is 0 Å². The molecule has 3 unspecified atom stereocenters. The van der Waals surface area contributed by atoms with Crippen molar-refractivity contribution in [3.05, 3.63) is 41.7 Å². The molecule has 3 aliphatic rings. The van der Waals surface area contributed by atoms with Crippen LogP contribution < -0.4 is 15.0 Å². The normalized spacial score (nSPS) is 25.3. The molecule has 1 aromatic heterocycles. The number of hydrogen-bond acceptors (Lipinski definition) is 7. The van der Waals surface area contributed by atoms with E-state index in [1.165, 1.54) is 6.42 Å². The number of aromatic hydroxyl groups is 1. The summed E-state index contributed by atoms with van der Waals surface area (Å²) in [6.07, 6.45) is 6.79. The lowest BCUT2D eigenvalue weighted by molar-refractivity contribution is 0.0798. The number of aliphatic hydroxyl groups is 1. The van der Waals surface area contributed by atoms with Gasteiger partial charge in [0.25, 0.3) is 0 Å². The highest BCUT2D eigenvalue weighted by Crippen LogP contribution is 2.45. The van der Waals surface area contributed by atoms with Crippen molar-refractivity contribution in [2.45, 2.75) is 76.9 Å². The molecule has 3 N–H and O–H groups in total. The van der Waals surface area contributed by atoms with Gasteiger partial charge >= 0.3 is 6.01 Å². The van der Waals surface area contributed by atoms with Gasteiger partial charge < -0.3 is 25.2 Å². The number of rotatable bonds is 6. The minimum atomic E-state index is -0.456. The largest absolute Gasteiger partial charge is 0.508 e. The molecule has 3 fully saturated rings. The van der Waals surface area contributed by atoms with E-state index in [2.05, 4.69) is 24.1 Å². The molecule has 2 saturated heterocycles. The van der Waals surface area contributed by atoms with Crippen LogP contribution in [-0.4, -0.2) is 58.6 Å². The minimum absolute atomic E-state index is 0.0617. The molecule has 2 aromatic carbocycles. The van der Waals surface area contributed by atoms with E-state index in [1.54, 1.807) is 18.2 Å². The Hall–Kier alpha value is -2.97. The van der Waals surface area contributed by atoms with Gasteiger partial charge in [-0.05, 0) is 80.3 Å². The van der Waals surface area contributed by atoms with Crippen LogP contribution in [0.4, 0.5) is 10.2 Å². The highest BCUT2D eigenvalue weighted by Gasteiger charge is 2.45. The van der Waals surface area contributed by atoms with E-state index in [0.29, 0.717) is 41.5 Å². The van der Waals surface area contributed by atoms with Crippen molar-refractivity contribution in [2.24, 2.45) is 5.41 Å². The monoisotopic (exact) mass is 534 g/mol. The van der Waals surface area contributed by atoms with Gasteiger partial charge in [0.05, 0.1) is 12.7 Å². The van der Waals surface area contributed by atoms with Crippen LogP contribution in [0.1, 0.15) is 70.3 Å². The third kappa shape index (κ3) is 4.93. The molecule has 39 heavy (non-hydrogen) atoms. The Morgan fingerprint density at radius 2 is 1.95 bits per heavy atom. The number of fused-ring (bicyclic) bond motifs is 2. The zero-order valence-electron chi connectivity index (χ0n) is 22.9. The Morgan fingerprint density at radius 1 is 1.10 bits per heavy atom. The molecule has 3 atom stereocenters. The SMILES string of the molecule is CC(C)c1ccc(O)cc1-c1ccc2c(N3CCCC(O)C3)nc(OCC34CCCNC3CCC4)nc2c1F. The molecule has 1 aliphatic carbocycles. The molecule has 2 aliphatic heterocycles. The van der Waals surface area contributed by atoms with E-state index in [-0.39, 0.29) is 28.6 Å². The van der Waals surface area contributed by atoms with Crippen LogP contribution in [0.5, 0.6) is 11.8 Å². The maximum absolute atomic E-state index is 16.4. The Balaban J connectivity index is 1.44. The van der Waals surface area contributed by atoms with Gasteiger partial charge in [0, 0.05) is 35.5 Å². The Morgan fingerprint density at radius 3 is 2.77 bits per heavy atom. The molecular weight excluding hydrogens is 495 g/mol. The first-order chi connectivity index (χ1) is 18.8. The molecule has 3 heterocycles. The molecule has 6 rings (SSSR count). The van der Waals surface area contributed by atoms with Crippen molar-refractivity contribution in [3.63, 3.8) is 0 Å². The molecule has 1 saturated carbocycles. The van der Waals surface area contributed by atoms with E-state index in [1.807, 2.05) is 17.0 Å². The van der Waals surface area contributed by atoms with Gasteiger partial charge in [0.2, 0.25) is 0 Å². The average Bonchev–Trinajstić information content (AvgIpc) is 3.36. The topological polar surface area (TPSA) is 90.7 Å². The fourth-order valence-electron chi connectivity index (χ4n) is 6.99. The summed E-state index contributed by atoms with van der Waals surface area (Å²) in [6, 6.07) is 9.34. The van der Waals surface area contributed by atoms with Crippen molar-refractivity contribution in [1.29, 1.82) is 0 Å². The number of ether oxygens (including phenoxy) is 1. The number of phenolic OH excluding ortho intramolecular Hbond substituents is 1. The third-order valence-corrected chi connectivity index (χ3v) is 9.05. The fraction of sp³-hybridized carbons (Fsp3) is 0.548. The molecule has 208 valence electrons. The van der Waals surface area contributed by atoms with Crippen molar-refractivity contribution in [2.75, 3.05) is 31.1 Å². The highest BCUT2D eigenvalue weighted by atomic mass is 19.1. The van der Waals surface area contributed by atoms with Crippen LogP contribution in [0.2, 0.25) is 0 Å². The summed E-state index contributed by atoms with van der Waals surface area (Å²) >= 11 is 0. The average molecular weight is 535 g/mol. The summed E-state index contributed by atoms with van der Waals surface area (Å²) in [6.45, 7) is 6.82. The van der Waals surface area contributed by atoms with Gasteiger partial charge in [-0.15, -0.1) is 0 Å². The number of nitrogens with one attached hydrogen (secondary N) is 1. The number of nitrogens with zero attached hydrogens (tertiary/aromatic N) is 3. The van der Waals surface area contributed by atoms with E-state index < -0.39 is 11.9 Å². The maximum Gasteiger partial charge on any atom is 0.319 e. The molecule has 3 aromatic rings. The van der Waals surface area contributed by atoms with Crippen LogP contribution in [-0.2, 0) is 0 Å². The Labute approximate surface area is 229 Å². The Kier molecular flexibility index (Phi) is 7.10. The predicted octanol–water partition coefficient (Wildman–Crippen LogP) is 5.53. The quantitative estimate of drug-likeness (QED) is 0.383. The number of aromatic nitrogens is 2. The second-order valence-electron chi connectivity index (χ2n) is 12.0. The zero-order valence-corrected chi connectivity index (χ0v) is 22.9. The van der Waals surface area contributed by atoms with Crippen LogP contribution in [0.25, 0.3) is 22.0 Å². The van der Waals surface area contributed by atoms with Gasteiger partial charge in [-0.2, -0.15) is 9.97 Å².